The number of nitrogens with zero attached hydrogens (tertiary/aromatic N) is 2. The van der Waals surface area contributed by atoms with E-state index in [1.54, 1.807) is 18.3 Å². The molecule has 0 spiro atoms. The number of aromatic nitrogens is 1. The van der Waals surface area contributed by atoms with Crippen LogP contribution in [0.4, 0.5) is 5.69 Å². The fourth-order valence-electron chi connectivity index (χ4n) is 2.81. The summed E-state index contributed by atoms with van der Waals surface area (Å²) < 4.78 is 0. The van der Waals surface area contributed by atoms with Crippen molar-refractivity contribution in [2.45, 2.75) is 25.8 Å². The van der Waals surface area contributed by atoms with Gasteiger partial charge in [0.05, 0.1) is 5.56 Å². The van der Waals surface area contributed by atoms with Crippen LogP contribution in [0.2, 0.25) is 0 Å². The highest BCUT2D eigenvalue weighted by atomic mass is 16.2. The summed E-state index contributed by atoms with van der Waals surface area (Å²) in [4.78, 5) is 30.6. The molecular formula is C20H24N4O2. The highest BCUT2D eigenvalue weighted by Gasteiger charge is 2.33. The molecule has 2 aromatic rings. The van der Waals surface area contributed by atoms with E-state index in [1.165, 1.54) is 6.20 Å². The summed E-state index contributed by atoms with van der Waals surface area (Å²) in [5.41, 5.74) is 7.80. The predicted molar refractivity (Wildman–Crippen MR) is 100 cm³/mol. The van der Waals surface area contributed by atoms with Gasteiger partial charge in [-0.15, -0.1) is 0 Å². The smallest absolute Gasteiger partial charge is 0.257 e. The monoisotopic (exact) mass is 352 g/mol. The van der Waals surface area contributed by atoms with Gasteiger partial charge in [0, 0.05) is 37.1 Å². The summed E-state index contributed by atoms with van der Waals surface area (Å²) in [5.74, 6) is 0.189. The van der Waals surface area contributed by atoms with Gasteiger partial charge in [0.25, 0.3) is 5.91 Å². The molecule has 6 heteroatoms. The zero-order valence-electron chi connectivity index (χ0n) is 14.7. The Morgan fingerprint density at radius 2 is 2.08 bits per heavy atom. The third-order valence-corrected chi connectivity index (χ3v) is 4.35. The summed E-state index contributed by atoms with van der Waals surface area (Å²) >= 11 is 0. The van der Waals surface area contributed by atoms with Crippen molar-refractivity contribution in [1.29, 1.82) is 0 Å². The van der Waals surface area contributed by atoms with Gasteiger partial charge in [-0.3, -0.25) is 14.6 Å². The molecule has 0 atom stereocenters. The van der Waals surface area contributed by atoms with E-state index >= 15 is 0 Å². The zero-order chi connectivity index (χ0) is 18.4. The maximum atomic E-state index is 12.5. The Balaban J connectivity index is 1.67. The number of nitrogens with one attached hydrogen (secondary N) is 1. The van der Waals surface area contributed by atoms with E-state index in [0.717, 1.165) is 24.8 Å². The first-order valence-corrected chi connectivity index (χ1v) is 8.96. The van der Waals surface area contributed by atoms with E-state index < -0.39 is 0 Å². The molecule has 3 rings (SSSR count). The van der Waals surface area contributed by atoms with Crippen LogP contribution < -0.4 is 11.1 Å². The quantitative estimate of drug-likeness (QED) is 0.764. The average molecular weight is 352 g/mol. The number of benzene rings is 1. The van der Waals surface area contributed by atoms with E-state index in [-0.39, 0.29) is 17.7 Å². The van der Waals surface area contributed by atoms with Crippen molar-refractivity contribution in [3.8, 4) is 0 Å². The number of carbonyl (C=O) groups excluding carboxylic acids is 2. The largest absolute Gasteiger partial charge is 0.338 e. The highest BCUT2D eigenvalue weighted by molar-refractivity contribution is 6.04. The Kier molecular flexibility index (Phi) is 5.96. The number of pyridine rings is 1. The van der Waals surface area contributed by atoms with Crippen LogP contribution in [-0.2, 0) is 11.3 Å². The maximum Gasteiger partial charge on any atom is 0.257 e. The first-order valence-electron chi connectivity index (χ1n) is 8.96. The fourth-order valence-corrected chi connectivity index (χ4v) is 2.81. The zero-order valence-corrected chi connectivity index (χ0v) is 14.7. The lowest BCUT2D eigenvalue weighted by Gasteiger charge is -2.23. The van der Waals surface area contributed by atoms with Crippen molar-refractivity contribution in [2.75, 3.05) is 18.4 Å². The van der Waals surface area contributed by atoms with Gasteiger partial charge in [-0.1, -0.05) is 12.1 Å². The van der Waals surface area contributed by atoms with Gasteiger partial charge < -0.3 is 16.0 Å². The topological polar surface area (TPSA) is 88.3 Å². The molecule has 1 fully saturated rings. The number of amides is 2. The van der Waals surface area contributed by atoms with E-state index in [0.29, 0.717) is 30.9 Å². The van der Waals surface area contributed by atoms with Gasteiger partial charge in [0.15, 0.2) is 0 Å². The van der Waals surface area contributed by atoms with Crippen molar-refractivity contribution in [2.24, 2.45) is 11.7 Å². The van der Waals surface area contributed by atoms with Crippen LogP contribution in [0.15, 0.2) is 48.8 Å². The first kappa shape index (κ1) is 18.1. The van der Waals surface area contributed by atoms with Gasteiger partial charge in [0.1, 0.15) is 0 Å². The summed E-state index contributed by atoms with van der Waals surface area (Å²) in [5, 5.41) is 2.88. The van der Waals surface area contributed by atoms with E-state index in [1.807, 2.05) is 29.2 Å². The predicted octanol–water partition coefficient (Wildman–Crippen LogP) is 2.42. The van der Waals surface area contributed by atoms with Crippen molar-refractivity contribution in [3.63, 3.8) is 0 Å². The Labute approximate surface area is 153 Å². The van der Waals surface area contributed by atoms with Gasteiger partial charge >= 0.3 is 0 Å². The maximum absolute atomic E-state index is 12.5. The van der Waals surface area contributed by atoms with Crippen LogP contribution in [0, 0.1) is 5.92 Å². The second kappa shape index (κ2) is 8.58. The van der Waals surface area contributed by atoms with Crippen molar-refractivity contribution in [1.82, 2.24) is 9.88 Å². The number of rotatable bonds is 8. The molecule has 0 radical (unpaired) electrons. The highest BCUT2D eigenvalue weighted by Crippen LogP contribution is 2.31. The molecule has 1 aliphatic carbocycles. The third kappa shape index (κ3) is 4.89. The number of nitrogens with two attached hydrogens (primary N) is 1. The molecule has 6 nitrogen and oxygen atoms in total. The molecule has 1 heterocycles. The van der Waals surface area contributed by atoms with Crippen LogP contribution in [0.5, 0.6) is 0 Å². The fraction of sp³-hybridized carbons (Fsp3) is 0.350. The second-order valence-corrected chi connectivity index (χ2v) is 6.57. The number of carbonyl (C=O) groups is 2. The van der Waals surface area contributed by atoms with Crippen molar-refractivity contribution >= 4 is 17.5 Å². The van der Waals surface area contributed by atoms with Crippen LogP contribution >= 0.6 is 0 Å². The molecule has 1 aromatic carbocycles. The molecule has 2 amide bonds. The van der Waals surface area contributed by atoms with Crippen LogP contribution in [0.3, 0.4) is 0 Å². The summed E-state index contributed by atoms with van der Waals surface area (Å²) in [6, 6.07) is 11.0. The normalized spacial score (nSPS) is 13.3. The Hall–Kier alpha value is -2.73. The lowest BCUT2D eigenvalue weighted by atomic mass is 10.1. The van der Waals surface area contributed by atoms with Crippen LogP contribution in [0.1, 0.15) is 35.2 Å². The van der Waals surface area contributed by atoms with E-state index in [9.17, 15) is 9.59 Å². The molecule has 1 saturated carbocycles. The van der Waals surface area contributed by atoms with Gasteiger partial charge in [-0.25, -0.2) is 0 Å². The molecule has 0 unspecified atom stereocenters. The minimum absolute atomic E-state index is 0.182. The standard InChI is InChI=1S/C20H24N4O2/c21-9-3-11-24(20(26)16-7-8-16)14-15-4-1-6-18(12-15)23-19(25)17-5-2-10-22-13-17/h1-2,4-6,10,12-13,16H,3,7-9,11,14,21H2,(H,23,25). The molecule has 26 heavy (non-hydrogen) atoms. The molecule has 1 aromatic heterocycles. The molecule has 136 valence electrons. The molecule has 0 aliphatic heterocycles. The number of anilines is 1. The van der Waals surface area contributed by atoms with Crippen LogP contribution in [-0.4, -0.2) is 34.8 Å². The van der Waals surface area contributed by atoms with Crippen molar-refractivity contribution < 1.29 is 9.59 Å². The summed E-state index contributed by atoms with van der Waals surface area (Å²) in [6.07, 6.45) is 5.92. The Morgan fingerprint density at radius 3 is 2.77 bits per heavy atom. The molecule has 3 N–H and O–H groups in total. The minimum atomic E-state index is -0.204. The summed E-state index contributed by atoms with van der Waals surface area (Å²) in [6.45, 7) is 1.76. The molecular weight excluding hydrogens is 328 g/mol. The molecule has 1 aliphatic rings. The van der Waals surface area contributed by atoms with Crippen molar-refractivity contribution in [3.05, 3.63) is 59.9 Å². The molecule has 0 bridgehead atoms. The van der Waals surface area contributed by atoms with Gasteiger partial charge in [0.2, 0.25) is 5.91 Å². The lowest BCUT2D eigenvalue weighted by Crippen LogP contribution is -2.33. The Bertz CT molecular complexity index is 759. The second-order valence-electron chi connectivity index (χ2n) is 6.57. The first-order chi connectivity index (χ1) is 12.7. The minimum Gasteiger partial charge on any atom is -0.338 e. The third-order valence-electron chi connectivity index (χ3n) is 4.35. The lowest BCUT2D eigenvalue weighted by molar-refractivity contribution is -0.133. The SMILES string of the molecule is NCCCN(Cc1cccc(NC(=O)c2cccnc2)c1)C(=O)C1CC1. The van der Waals surface area contributed by atoms with Gasteiger partial charge in [-0.2, -0.15) is 0 Å². The van der Waals surface area contributed by atoms with Gasteiger partial charge in [-0.05, 0) is 55.6 Å². The van der Waals surface area contributed by atoms with Crippen LogP contribution in [0.25, 0.3) is 0 Å². The number of hydrogen-bond acceptors (Lipinski definition) is 4. The Morgan fingerprint density at radius 1 is 1.23 bits per heavy atom. The average Bonchev–Trinajstić information content (AvgIpc) is 3.51. The number of hydrogen-bond donors (Lipinski definition) is 2. The van der Waals surface area contributed by atoms with E-state index in [4.69, 9.17) is 5.73 Å². The summed E-state index contributed by atoms with van der Waals surface area (Å²) in [7, 11) is 0. The van der Waals surface area contributed by atoms with E-state index in [2.05, 4.69) is 10.3 Å². The molecule has 0 saturated heterocycles.